The number of aliphatic hydroxyl groups excluding tert-OH is 1. The lowest BCUT2D eigenvalue weighted by Crippen LogP contribution is -2.19. The Hall–Kier alpha value is -2.76. The quantitative estimate of drug-likeness (QED) is 0.616. The number of nitrogens with zero attached hydrogens (tertiary/aromatic N) is 2. The molecule has 0 spiro atoms. The number of carbonyl (C=O) groups is 1. The number of rotatable bonds is 7. The van der Waals surface area contributed by atoms with Crippen LogP contribution in [0.3, 0.4) is 0 Å². The molecule has 3 heterocycles. The van der Waals surface area contributed by atoms with Crippen LogP contribution in [0, 0.1) is 5.92 Å². The summed E-state index contributed by atoms with van der Waals surface area (Å²) in [7, 11) is 0. The fourth-order valence-corrected chi connectivity index (χ4v) is 4.95. The third kappa shape index (κ3) is 4.21. The van der Waals surface area contributed by atoms with Crippen LogP contribution in [-0.4, -0.2) is 33.7 Å². The van der Waals surface area contributed by atoms with Crippen molar-refractivity contribution in [3.63, 3.8) is 0 Å². The van der Waals surface area contributed by atoms with Crippen molar-refractivity contribution in [2.24, 2.45) is 5.92 Å². The summed E-state index contributed by atoms with van der Waals surface area (Å²) in [4.78, 5) is 16.7. The molecule has 0 aliphatic carbocycles. The van der Waals surface area contributed by atoms with E-state index in [1.165, 1.54) is 11.1 Å². The average Bonchev–Trinajstić information content (AvgIpc) is 3.38. The van der Waals surface area contributed by atoms with Crippen molar-refractivity contribution in [2.45, 2.75) is 44.2 Å². The zero-order chi connectivity index (χ0) is 21.2. The molecule has 5 nitrogen and oxygen atoms in total. The first-order valence-electron chi connectivity index (χ1n) is 11.2. The van der Waals surface area contributed by atoms with Crippen molar-refractivity contribution in [3.8, 4) is 11.3 Å². The standard InChI is InChI=1S/C26H28N2O3/c29-21(14-19-9-11-31-12-10-19)13-18-5-7-20(8-6-18)26(30)15-24-22-3-1-2-4-23(22)25-16-27-17-28(24)25/h1-8,16-17,19,24,26,30H,9-15H2. The summed E-state index contributed by atoms with van der Waals surface area (Å²) in [5, 5.41) is 10.9. The van der Waals surface area contributed by atoms with Gasteiger partial charge in [-0.1, -0.05) is 48.5 Å². The van der Waals surface area contributed by atoms with Gasteiger partial charge in [-0.05, 0) is 35.4 Å². The second-order valence-electron chi connectivity index (χ2n) is 8.76. The molecule has 2 atom stereocenters. The highest BCUT2D eigenvalue weighted by Gasteiger charge is 2.30. The normalized spacial score (nSPS) is 19.1. The largest absolute Gasteiger partial charge is 0.388 e. The lowest BCUT2D eigenvalue weighted by atomic mass is 9.91. The first kappa shape index (κ1) is 20.2. The van der Waals surface area contributed by atoms with Gasteiger partial charge in [0.15, 0.2) is 0 Å². The van der Waals surface area contributed by atoms with Gasteiger partial charge in [-0.15, -0.1) is 0 Å². The van der Waals surface area contributed by atoms with E-state index in [-0.39, 0.29) is 11.8 Å². The Morgan fingerprint density at radius 2 is 1.90 bits per heavy atom. The highest BCUT2D eigenvalue weighted by atomic mass is 16.5. The summed E-state index contributed by atoms with van der Waals surface area (Å²) in [6.07, 6.45) is 6.81. The number of benzene rings is 2. The van der Waals surface area contributed by atoms with Crippen LogP contribution in [-0.2, 0) is 16.0 Å². The van der Waals surface area contributed by atoms with E-state index in [4.69, 9.17) is 4.74 Å². The summed E-state index contributed by atoms with van der Waals surface area (Å²) >= 11 is 0. The molecule has 1 N–H and O–H groups in total. The average molecular weight is 417 g/mol. The van der Waals surface area contributed by atoms with Crippen LogP contribution in [0.15, 0.2) is 61.1 Å². The van der Waals surface area contributed by atoms with Crippen LogP contribution < -0.4 is 0 Å². The van der Waals surface area contributed by atoms with Crippen molar-refractivity contribution in [2.75, 3.05) is 13.2 Å². The predicted molar refractivity (Wildman–Crippen MR) is 119 cm³/mol. The van der Waals surface area contributed by atoms with Crippen molar-refractivity contribution in [3.05, 3.63) is 77.7 Å². The molecular formula is C26H28N2O3. The van der Waals surface area contributed by atoms with E-state index in [0.717, 1.165) is 42.9 Å². The van der Waals surface area contributed by atoms with Crippen LogP contribution >= 0.6 is 0 Å². The minimum absolute atomic E-state index is 0.0735. The van der Waals surface area contributed by atoms with E-state index in [1.54, 1.807) is 0 Å². The molecule has 2 aromatic carbocycles. The fraction of sp³-hybridized carbons (Fsp3) is 0.385. The second-order valence-corrected chi connectivity index (χ2v) is 8.76. The van der Waals surface area contributed by atoms with Gasteiger partial charge in [0, 0.05) is 38.0 Å². The van der Waals surface area contributed by atoms with Crippen molar-refractivity contribution < 1.29 is 14.6 Å². The highest BCUT2D eigenvalue weighted by Crippen LogP contribution is 2.42. The maximum absolute atomic E-state index is 12.4. The van der Waals surface area contributed by atoms with E-state index >= 15 is 0 Å². The van der Waals surface area contributed by atoms with Crippen LogP contribution in [0.4, 0.5) is 0 Å². The topological polar surface area (TPSA) is 64.3 Å². The molecule has 0 saturated carbocycles. The fourth-order valence-electron chi connectivity index (χ4n) is 4.95. The van der Waals surface area contributed by atoms with Crippen molar-refractivity contribution in [1.29, 1.82) is 0 Å². The van der Waals surface area contributed by atoms with Crippen molar-refractivity contribution in [1.82, 2.24) is 9.55 Å². The summed E-state index contributed by atoms with van der Waals surface area (Å²) in [5.74, 6) is 0.750. The third-order valence-electron chi connectivity index (χ3n) is 6.67. The van der Waals surface area contributed by atoms with Crippen molar-refractivity contribution >= 4 is 5.78 Å². The Morgan fingerprint density at radius 1 is 1.13 bits per heavy atom. The first-order chi connectivity index (χ1) is 15.2. The smallest absolute Gasteiger partial charge is 0.137 e. The van der Waals surface area contributed by atoms with Gasteiger partial charge in [-0.2, -0.15) is 0 Å². The molecule has 2 aliphatic rings. The minimum atomic E-state index is -0.585. The first-order valence-corrected chi connectivity index (χ1v) is 11.2. The van der Waals surface area contributed by atoms with Gasteiger partial charge in [0.05, 0.1) is 30.4 Å². The van der Waals surface area contributed by atoms with Gasteiger partial charge >= 0.3 is 0 Å². The second kappa shape index (κ2) is 8.77. The van der Waals surface area contributed by atoms with Crippen LogP contribution in [0.5, 0.6) is 0 Å². The molecule has 0 amide bonds. The lowest BCUT2D eigenvalue weighted by Gasteiger charge is -2.21. The Bertz CT molecular complexity index is 1050. The number of fused-ring (bicyclic) bond motifs is 3. The van der Waals surface area contributed by atoms with E-state index < -0.39 is 6.10 Å². The maximum Gasteiger partial charge on any atom is 0.137 e. The van der Waals surface area contributed by atoms with Gasteiger partial charge in [-0.25, -0.2) is 4.98 Å². The number of ketones is 1. The van der Waals surface area contributed by atoms with E-state index in [1.807, 2.05) is 48.9 Å². The molecule has 5 heteroatoms. The van der Waals surface area contributed by atoms with E-state index in [2.05, 4.69) is 21.7 Å². The maximum atomic E-state index is 12.4. The summed E-state index contributed by atoms with van der Waals surface area (Å²) in [5.41, 5.74) is 5.42. The van der Waals surface area contributed by atoms with Crippen LogP contribution in [0.2, 0.25) is 0 Å². The highest BCUT2D eigenvalue weighted by molar-refractivity contribution is 5.81. The number of aliphatic hydroxyl groups is 1. The molecule has 1 aromatic heterocycles. The predicted octanol–water partition coefficient (Wildman–Crippen LogP) is 4.50. The number of hydrogen-bond donors (Lipinski definition) is 1. The molecule has 0 bridgehead atoms. The Kier molecular flexibility index (Phi) is 5.70. The number of Topliss-reactive ketones (excluding diaryl/α,β-unsaturated/α-hetero) is 1. The summed E-state index contributed by atoms with van der Waals surface area (Å²) in [6, 6.07) is 16.3. The number of ether oxygens (including phenoxy) is 1. The zero-order valence-electron chi connectivity index (χ0n) is 17.6. The van der Waals surface area contributed by atoms with Crippen LogP contribution in [0.1, 0.15) is 54.5 Å². The number of hydrogen-bond acceptors (Lipinski definition) is 4. The molecule has 1 saturated heterocycles. The number of carbonyl (C=O) groups excluding carboxylic acids is 1. The SMILES string of the molecule is O=C(Cc1ccc(C(O)CC2c3ccccc3-c3cncn32)cc1)CC1CCOCC1. The summed E-state index contributed by atoms with van der Waals surface area (Å²) in [6.45, 7) is 1.55. The minimum Gasteiger partial charge on any atom is -0.388 e. The summed E-state index contributed by atoms with van der Waals surface area (Å²) < 4.78 is 7.53. The zero-order valence-corrected chi connectivity index (χ0v) is 17.6. The molecule has 2 unspecified atom stereocenters. The van der Waals surface area contributed by atoms with Gasteiger partial charge in [0.2, 0.25) is 0 Å². The molecule has 160 valence electrons. The van der Waals surface area contributed by atoms with Crippen LogP contribution in [0.25, 0.3) is 11.3 Å². The third-order valence-corrected chi connectivity index (χ3v) is 6.67. The molecule has 1 fully saturated rings. The molecule has 31 heavy (non-hydrogen) atoms. The Balaban J connectivity index is 1.23. The van der Waals surface area contributed by atoms with E-state index in [9.17, 15) is 9.90 Å². The monoisotopic (exact) mass is 416 g/mol. The molecule has 2 aliphatic heterocycles. The Labute approximate surface area is 182 Å². The Morgan fingerprint density at radius 3 is 2.71 bits per heavy atom. The lowest BCUT2D eigenvalue weighted by molar-refractivity contribution is -0.120. The van der Waals surface area contributed by atoms with Gasteiger partial charge in [0.1, 0.15) is 5.78 Å². The molecular weight excluding hydrogens is 388 g/mol. The number of imidazole rings is 1. The number of aromatic nitrogens is 2. The molecule has 0 radical (unpaired) electrons. The van der Waals surface area contributed by atoms with E-state index in [0.29, 0.717) is 25.2 Å². The van der Waals surface area contributed by atoms with Gasteiger partial charge in [0.25, 0.3) is 0 Å². The molecule has 3 aromatic rings. The van der Waals surface area contributed by atoms with Gasteiger partial charge in [-0.3, -0.25) is 4.79 Å². The van der Waals surface area contributed by atoms with Gasteiger partial charge < -0.3 is 14.4 Å². The molecule has 5 rings (SSSR count).